The molecule has 0 bridgehead atoms. The van der Waals surface area contributed by atoms with Gasteiger partial charge in [-0.05, 0) is 34.5 Å². The maximum absolute atomic E-state index is 13.7. The van der Waals surface area contributed by atoms with Crippen LogP contribution in [-0.4, -0.2) is 16.0 Å². The first-order valence-electron chi connectivity index (χ1n) is 5.55. The van der Waals surface area contributed by atoms with Gasteiger partial charge in [-0.1, -0.05) is 17.3 Å². The Balaban J connectivity index is 1.92. The van der Waals surface area contributed by atoms with Gasteiger partial charge in [0, 0.05) is 0 Å². The number of aryl methyl sites for hydroxylation is 1. The molecule has 5 nitrogen and oxygen atoms in total. The Labute approximate surface area is 117 Å². The van der Waals surface area contributed by atoms with Crippen molar-refractivity contribution in [1.29, 1.82) is 0 Å². The predicted octanol–water partition coefficient (Wildman–Crippen LogP) is 2.14. The zero-order valence-electron chi connectivity index (χ0n) is 10.1. The van der Waals surface area contributed by atoms with Crippen molar-refractivity contribution in [3.05, 3.63) is 45.8 Å². The Kier molecular flexibility index (Phi) is 4.26. The summed E-state index contributed by atoms with van der Waals surface area (Å²) in [4.78, 5) is 15.6. The van der Waals surface area contributed by atoms with Crippen molar-refractivity contribution < 1.29 is 13.7 Å². The van der Waals surface area contributed by atoms with E-state index >= 15 is 0 Å². The van der Waals surface area contributed by atoms with E-state index in [1.54, 1.807) is 25.1 Å². The van der Waals surface area contributed by atoms with Crippen molar-refractivity contribution in [3.63, 3.8) is 0 Å². The fourth-order valence-corrected chi connectivity index (χ4v) is 1.91. The molecule has 100 valence electrons. The molecule has 2 rings (SSSR count). The van der Waals surface area contributed by atoms with E-state index in [9.17, 15) is 9.18 Å². The lowest BCUT2D eigenvalue weighted by molar-refractivity contribution is -0.120. The lowest BCUT2D eigenvalue weighted by Crippen LogP contribution is -2.25. The van der Waals surface area contributed by atoms with Crippen molar-refractivity contribution in [2.45, 2.75) is 19.9 Å². The molecule has 19 heavy (non-hydrogen) atoms. The van der Waals surface area contributed by atoms with Crippen LogP contribution >= 0.6 is 15.9 Å². The maximum atomic E-state index is 13.7. The van der Waals surface area contributed by atoms with Crippen LogP contribution in [0.4, 0.5) is 4.39 Å². The average Bonchev–Trinajstić information content (AvgIpc) is 2.78. The van der Waals surface area contributed by atoms with Crippen LogP contribution in [0.25, 0.3) is 0 Å². The number of rotatable bonds is 4. The standard InChI is InChI=1S/C12H11BrFN3O2/c1-7-16-11(19-17-7)6-15-10(18)5-8-3-2-4-9(13)12(8)14/h2-4H,5-6H2,1H3,(H,15,18). The normalized spacial score (nSPS) is 10.5. The Hall–Kier alpha value is -1.76. The molecule has 0 aliphatic rings. The van der Waals surface area contributed by atoms with Gasteiger partial charge in [0.1, 0.15) is 5.82 Å². The average molecular weight is 328 g/mol. The van der Waals surface area contributed by atoms with Crippen molar-refractivity contribution in [3.8, 4) is 0 Å². The highest BCUT2D eigenvalue weighted by molar-refractivity contribution is 9.10. The van der Waals surface area contributed by atoms with Crippen LogP contribution in [-0.2, 0) is 17.8 Å². The van der Waals surface area contributed by atoms with Crippen molar-refractivity contribution in [2.75, 3.05) is 0 Å². The molecule has 0 spiro atoms. The number of benzene rings is 1. The minimum Gasteiger partial charge on any atom is -0.347 e. The number of hydrogen-bond donors (Lipinski definition) is 1. The molecule has 0 aliphatic heterocycles. The smallest absolute Gasteiger partial charge is 0.246 e. The number of halogens is 2. The summed E-state index contributed by atoms with van der Waals surface area (Å²) in [5, 5.41) is 6.19. The van der Waals surface area contributed by atoms with E-state index in [0.29, 0.717) is 21.8 Å². The lowest BCUT2D eigenvalue weighted by Gasteiger charge is -2.05. The zero-order valence-corrected chi connectivity index (χ0v) is 11.7. The number of nitrogens with zero attached hydrogens (tertiary/aromatic N) is 2. The van der Waals surface area contributed by atoms with Crippen LogP contribution in [0.3, 0.4) is 0 Å². The first-order valence-corrected chi connectivity index (χ1v) is 6.34. The van der Waals surface area contributed by atoms with E-state index in [1.807, 2.05) is 0 Å². The molecule has 0 aliphatic carbocycles. The second-order valence-corrected chi connectivity index (χ2v) is 4.76. The zero-order chi connectivity index (χ0) is 13.8. The molecule has 0 unspecified atom stereocenters. The van der Waals surface area contributed by atoms with Gasteiger partial charge in [0.15, 0.2) is 5.82 Å². The summed E-state index contributed by atoms with van der Waals surface area (Å²) < 4.78 is 18.8. The second kappa shape index (κ2) is 5.92. The van der Waals surface area contributed by atoms with Crippen molar-refractivity contribution in [2.24, 2.45) is 0 Å². The number of nitrogens with one attached hydrogen (secondary N) is 1. The first-order chi connectivity index (χ1) is 9.06. The lowest BCUT2D eigenvalue weighted by atomic mass is 10.1. The van der Waals surface area contributed by atoms with Crippen molar-refractivity contribution >= 4 is 21.8 Å². The third-order valence-electron chi connectivity index (χ3n) is 2.39. The topological polar surface area (TPSA) is 68.0 Å². The Morgan fingerprint density at radius 1 is 1.53 bits per heavy atom. The van der Waals surface area contributed by atoms with E-state index in [4.69, 9.17) is 4.52 Å². The number of carbonyl (C=O) groups is 1. The SMILES string of the molecule is Cc1noc(CNC(=O)Cc2cccc(Br)c2F)n1. The van der Waals surface area contributed by atoms with Gasteiger partial charge in [-0.15, -0.1) is 0 Å². The molecule has 2 aromatic rings. The van der Waals surface area contributed by atoms with Gasteiger partial charge >= 0.3 is 0 Å². The molecule has 0 saturated heterocycles. The van der Waals surface area contributed by atoms with Gasteiger partial charge in [0.05, 0.1) is 17.4 Å². The fourth-order valence-electron chi connectivity index (χ4n) is 1.51. The van der Waals surface area contributed by atoms with E-state index in [2.05, 4.69) is 31.4 Å². The van der Waals surface area contributed by atoms with Gasteiger partial charge < -0.3 is 9.84 Å². The molecule has 0 saturated carbocycles. The van der Waals surface area contributed by atoms with Gasteiger partial charge in [-0.25, -0.2) is 4.39 Å². The maximum Gasteiger partial charge on any atom is 0.246 e. The van der Waals surface area contributed by atoms with Gasteiger partial charge in [0.2, 0.25) is 11.8 Å². The summed E-state index contributed by atoms with van der Waals surface area (Å²) in [7, 11) is 0. The molecule has 1 heterocycles. The third kappa shape index (κ3) is 3.60. The van der Waals surface area contributed by atoms with E-state index in [0.717, 1.165) is 0 Å². The largest absolute Gasteiger partial charge is 0.347 e. The molecule has 0 atom stereocenters. The summed E-state index contributed by atoms with van der Waals surface area (Å²) >= 11 is 3.07. The number of amides is 1. The van der Waals surface area contributed by atoms with E-state index in [1.165, 1.54) is 0 Å². The van der Waals surface area contributed by atoms with Gasteiger partial charge in [-0.3, -0.25) is 4.79 Å². The minimum atomic E-state index is -0.425. The summed E-state index contributed by atoms with van der Waals surface area (Å²) in [6, 6.07) is 4.83. The van der Waals surface area contributed by atoms with Crippen LogP contribution < -0.4 is 5.32 Å². The predicted molar refractivity (Wildman–Crippen MR) is 68.7 cm³/mol. The van der Waals surface area contributed by atoms with E-state index in [-0.39, 0.29) is 18.9 Å². The fraction of sp³-hybridized carbons (Fsp3) is 0.250. The summed E-state index contributed by atoms with van der Waals surface area (Å²) in [5.74, 6) is 0.0852. The highest BCUT2D eigenvalue weighted by Crippen LogP contribution is 2.18. The number of hydrogen-bond acceptors (Lipinski definition) is 4. The van der Waals surface area contributed by atoms with Crippen LogP contribution in [0.1, 0.15) is 17.3 Å². The molecule has 1 N–H and O–H groups in total. The van der Waals surface area contributed by atoms with Crippen molar-refractivity contribution in [1.82, 2.24) is 15.5 Å². The Morgan fingerprint density at radius 2 is 2.32 bits per heavy atom. The van der Waals surface area contributed by atoms with Crippen LogP contribution in [0, 0.1) is 12.7 Å². The van der Waals surface area contributed by atoms with E-state index < -0.39 is 5.82 Å². The highest BCUT2D eigenvalue weighted by Gasteiger charge is 2.11. The van der Waals surface area contributed by atoms with Gasteiger partial charge in [-0.2, -0.15) is 4.98 Å². The Morgan fingerprint density at radius 3 is 3.00 bits per heavy atom. The molecule has 0 radical (unpaired) electrons. The molecule has 1 aromatic heterocycles. The second-order valence-electron chi connectivity index (χ2n) is 3.90. The minimum absolute atomic E-state index is 0.0433. The molecule has 7 heteroatoms. The van der Waals surface area contributed by atoms with Crippen LogP contribution in [0.2, 0.25) is 0 Å². The summed E-state index contributed by atoms with van der Waals surface area (Å²) in [6.45, 7) is 1.82. The van der Waals surface area contributed by atoms with Crippen LogP contribution in [0.5, 0.6) is 0 Å². The molecule has 1 amide bonds. The molecule has 1 aromatic carbocycles. The quantitative estimate of drug-likeness (QED) is 0.934. The van der Waals surface area contributed by atoms with Gasteiger partial charge in [0.25, 0.3) is 0 Å². The molecule has 0 fully saturated rings. The number of carbonyl (C=O) groups excluding carboxylic acids is 1. The number of aromatic nitrogens is 2. The molecular formula is C12H11BrFN3O2. The third-order valence-corrected chi connectivity index (χ3v) is 3.00. The summed E-state index contributed by atoms with van der Waals surface area (Å²) in [5.41, 5.74) is 0.327. The highest BCUT2D eigenvalue weighted by atomic mass is 79.9. The first kappa shape index (κ1) is 13.7. The summed E-state index contributed by atoms with van der Waals surface area (Å²) in [6.07, 6.45) is -0.0433. The van der Waals surface area contributed by atoms with Crippen LogP contribution in [0.15, 0.2) is 27.2 Å². The monoisotopic (exact) mass is 327 g/mol. The Bertz CT molecular complexity index is 600. The molecular weight excluding hydrogens is 317 g/mol.